The summed E-state index contributed by atoms with van der Waals surface area (Å²) in [5.41, 5.74) is 7.39. The van der Waals surface area contributed by atoms with Gasteiger partial charge in [0.1, 0.15) is 5.82 Å². The van der Waals surface area contributed by atoms with E-state index in [0.29, 0.717) is 11.6 Å². The number of nitrogens with two attached hydrogens (primary N) is 1. The second kappa shape index (κ2) is 5.17. The minimum absolute atomic E-state index is 0.683. The second-order valence-electron chi connectivity index (χ2n) is 5.38. The fourth-order valence-electron chi connectivity index (χ4n) is 2.99. The third-order valence-electron chi connectivity index (χ3n) is 4.06. The van der Waals surface area contributed by atoms with Gasteiger partial charge in [0.2, 0.25) is 0 Å². The molecule has 2 N–H and O–H groups in total. The summed E-state index contributed by atoms with van der Waals surface area (Å²) in [6, 6.07) is 3.82. The Morgan fingerprint density at radius 1 is 1.42 bits per heavy atom. The summed E-state index contributed by atoms with van der Waals surface area (Å²) in [5.74, 6) is 1.72. The first kappa shape index (κ1) is 12.4. The third-order valence-corrected chi connectivity index (χ3v) is 4.06. The Bertz CT molecular complexity index is 562. The molecule has 102 valence electrons. The Morgan fingerprint density at radius 2 is 2.32 bits per heavy atom. The van der Waals surface area contributed by atoms with Gasteiger partial charge in [-0.2, -0.15) is 0 Å². The lowest BCUT2D eigenvalue weighted by molar-refractivity contribution is 0.180. The van der Waals surface area contributed by atoms with Gasteiger partial charge in [-0.05, 0) is 44.0 Å². The van der Waals surface area contributed by atoms with Gasteiger partial charge >= 0.3 is 0 Å². The van der Waals surface area contributed by atoms with Gasteiger partial charge in [0.15, 0.2) is 5.65 Å². The summed E-state index contributed by atoms with van der Waals surface area (Å²) in [4.78, 5) is 2.52. The topological polar surface area (TPSA) is 59.5 Å². The van der Waals surface area contributed by atoms with Crippen molar-refractivity contribution in [2.24, 2.45) is 5.92 Å². The van der Waals surface area contributed by atoms with E-state index in [0.717, 1.165) is 24.4 Å². The average molecular weight is 259 g/mol. The highest BCUT2D eigenvalue weighted by atomic mass is 15.3. The van der Waals surface area contributed by atoms with Crippen molar-refractivity contribution in [3.05, 3.63) is 24.2 Å². The van der Waals surface area contributed by atoms with Gasteiger partial charge in [0.25, 0.3) is 0 Å². The van der Waals surface area contributed by atoms with E-state index in [2.05, 4.69) is 22.0 Å². The van der Waals surface area contributed by atoms with Crippen molar-refractivity contribution in [2.45, 2.75) is 26.2 Å². The monoisotopic (exact) mass is 259 g/mol. The first-order valence-corrected chi connectivity index (χ1v) is 7.08. The highest BCUT2D eigenvalue weighted by molar-refractivity contribution is 5.63. The molecule has 1 aliphatic heterocycles. The Kier molecular flexibility index (Phi) is 3.38. The van der Waals surface area contributed by atoms with Crippen LogP contribution in [0.4, 0.5) is 5.69 Å². The third kappa shape index (κ3) is 2.42. The number of aromatic nitrogens is 3. The number of anilines is 1. The zero-order valence-corrected chi connectivity index (χ0v) is 11.4. The first-order chi connectivity index (χ1) is 9.28. The molecule has 0 radical (unpaired) electrons. The average Bonchev–Trinajstić information content (AvgIpc) is 2.84. The Balaban J connectivity index is 1.80. The molecule has 19 heavy (non-hydrogen) atoms. The molecule has 5 nitrogen and oxygen atoms in total. The fourth-order valence-corrected chi connectivity index (χ4v) is 2.99. The highest BCUT2D eigenvalue weighted by Gasteiger charge is 2.21. The van der Waals surface area contributed by atoms with Gasteiger partial charge in [0, 0.05) is 19.2 Å². The van der Waals surface area contributed by atoms with E-state index in [4.69, 9.17) is 5.73 Å². The molecule has 0 aliphatic carbocycles. The molecule has 0 amide bonds. The van der Waals surface area contributed by atoms with Crippen molar-refractivity contribution < 1.29 is 0 Å². The van der Waals surface area contributed by atoms with Crippen LogP contribution in [0.1, 0.15) is 25.6 Å². The summed E-state index contributed by atoms with van der Waals surface area (Å²) in [7, 11) is 0. The number of likely N-dealkylation sites (tertiary alicyclic amines) is 1. The van der Waals surface area contributed by atoms with E-state index in [1.807, 2.05) is 22.7 Å². The van der Waals surface area contributed by atoms with Gasteiger partial charge in [-0.1, -0.05) is 6.92 Å². The summed E-state index contributed by atoms with van der Waals surface area (Å²) in [6.45, 7) is 5.79. The van der Waals surface area contributed by atoms with Crippen LogP contribution in [0.25, 0.3) is 5.65 Å². The van der Waals surface area contributed by atoms with Crippen molar-refractivity contribution in [2.75, 3.05) is 25.4 Å². The minimum Gasteiger partial charge on any atom is -0.396 e. The van der Waals surface area contributed by atoms with E-state index in [9.17, 15) is 0 Å². The largest absolute Gasteiger partial charge is 0.396 e. The number of hydrogen-bond acceptors (Lipinski definition) is 4. The van der Waals surface area contributed by atoms with E-state index >= 15 is 0 Å². The maximum atomic E-state index is 5.91. The quantitative estimate of drug-likeness (QED) is 0.909. The molecule has 2 aromatic heterocycles. The number of nitrogens with zero attached hydrogens (tertiary/aromatic N) is 4. The van der Waals surface area contributed by atoms with Gasteiger partial charge in [0.05, 0.1) is 5.69 Å². The SMILES string of the molecule is CCN1CCCC(Cc2nnc3c(N)cccn23)C1. The lowest BCUT2D eigenvalue weighted by Crippen LogP contribution is -2.36. The molecule has 1 unspecified atom stereocenters. The van der Waals surface area contributed by atoms with Crippen molar-refractivity contribution in [1.29, 1.82) is 0 Å². The molecular weight excluding hydrogens is 238 g/mol. The molecule has 0 saturated carbocycles. The van der Waals surface area contributed by atoms with Crippen LogP contribution in [0.2, 0.25) is 0 Å². The Hall–Kier alpha value is -1.62. The smallest absolute Gasteiger partial charge is 0.183 e. The predicted molar refractivity (Wildman–Crippen MR) is 75.9 cm³/mol. The molecule has 5 heteroatoms. The minimum atomic E-state index is 0.683. The van der Waals surface area contributed by atoms with Crippen LogP contribution in [-0.2, 0) is 6.42 Å². The van der Waals surface area contributed by atoms with E-state index in [1.165, 1.54) is 25.9 Å². The highest BCUT2D eigenvalue weighted by Crippen LogP contribution is 2.21. The lowest BCUT2D eigenvalue weighted by Gasteiger charge is -2.31. The van der Waals surface area contributed by atoms with Gasteiger partial charge in [-0.25, -0.2) is 0 Å². The zero-order valence-electron chi connectivity index (χ0n) is 11.4. The summed E-state index contributed by atoms with van der Waals surface area (Å²) < 4.78 is 2.03. The number of fused-ring (bicyclic) bond motifs is 1. The van der Waals surface area contributed by atoms with Crippen LogP contribution < -0.4 is 5.73 Å². The molecular formula is C14H21N5. The van der Waals surface area contributed by atoms with E-state index in [-0.39, 0.29) is 0 Å². The van der Waals surface area contributed by atoms with Gasteiger partial charge < -0.3 is 10.6 Å². The van der Waals surface area contributed by atoms with Gasteiger partial charge in [-0.15, -0.1) is 10.2 Å². The maximum Gasteiger partial charge on any atom is 0.183 e. The number of rotatable bonds is 3. The standard InChI is InChI=1S/C14H21N5/c1-2-18-7-3-5-11(10-18)9-13-16-17-14-12(15)6-4-8-19(13)14/h4,6,8,11H,2-3,5,7,9-10,15H2,1H3. The molecule has 3 heterocycles. The van der Waals surface area contributed by atoms with E-state index in [1.54, 1.807) is 0 Å². The summed E-state index contributed by atoms with van der Waals surface area (Å²) >= 11 is 0. The Labute approximate surface area is 113 Å². The predicted octanol–water partition coefficient (Wildman–Crippen LogP) is 1.59. The number of nitrogen functional groups attached to an aromatic ring is 1. The van der Waals surface area contributed by atoms with Crippen LogP contribution in [0.3, 0.4) is 0 Å². The molecule has 0 spiro atoms. The lowest BCUT2D eigenvalue weighted by atomic mass is 9.94. The molecule has 0 bridgehead atoms. The van der Waals surface area contributed by atoms with Crippen LogP contribution in [0.5, 0.6) is 0 Å². The molecule has 1 saturated heterocycles. The molecule has 0 aromatic carbocycles. The normalized spacial score (nSPS) is 21.0. The maximum absolute atomic E-state index is 5.91. The molecule has 1 atom stereocenters. The molecule has 1 aliphatic rings. The molecule has 2 aromatic rings. The van der Waals surface area contributed by atoms with Crippen molar-refractivity contribution >= 4 is 11.3 Å². The van der Waals surface area contributed by atoms with Crippen LogP contribution in [0.15, 0.2) is 18.3 Å². The molecule has 1 fully saturated rings. The van der Waals surface area contributed by atoms with E-state index < -0.39 is 0 Å². The number of piperidine rings is 1. The Morgan fingerprint density at radius 3 is 3.16 bits per heavy atom. The van der Waals surface area contributed by atoms with Crippen molar-refractivity contribution in [1.82, 2.24) is 19.5 Å². The second-order valence-corrected chi connectivity index (χ2v) is 5.38. The number of pyridine rings is 1. The van der Waals surface area contributed by atoms with Crippen molar-refractivity contribution in [3.63, 3.8) is 0 Å². The fraction of sp³-hybridized carbons (Fsp3) is 0.571. The first-order valence-electron chi connectivity index (χ1n) is 7.08. The zero-order chi connectivity index (χ0) is 13.2. The van der Waals surface area contributed by atoms with Gasteiger partial charge in [-0.3, -0.25) is 4.40 Å². The molecule has 3 rings (SSSR count). The summed E-state index contributed by atoms with van der Waals surface area (Å²) in [5, 5.41) is 8.51. The van der Waals surface area contributed by atoms with Crippen LogP contribution >= 0.6 is 0 Å². The van der Waals surface area contributed by atoms with Crippen molar-refractivity contribution in [3.8, 4) is 0 Å². The summed E-state index contributed by atoms with van der Waals surface area (Å²) in [6.07, 6.45) is 5.56. The van der Waals surface area contributed by atoms with Crippen LogP contribution in [-0.4, -0.2) is 39.1 Å². The number of hydrogen-bond donors (Lipinski definition) is 1. The van der Waals surface area contributed by atoms with Crippen LogP contribution in [0, 0.1) is 5.92 Å².